The van der Waals surface area contributed by atoms with E-state index in [1.54, 1.807) is 10.4 Å². The predicted molar refractivity (Wildman–Crippen MR) is 536 cm³/mol. The van der Waals surface area contributed by atoms with Crippen LogP contribution in [0.25, 0.3) is 44.5 Å². The van der Waals surface area contributed by atoms with Crippen LogP contribution in [0.4, 0.5) is 0 Å². The van der Waals surface area contributed by atoms with E-state index in [4.69, 9.17) is 0 Å². The van der Waals surface area contributed by atoms with Gasteiger partial charge in [-0.3, -0.25) is 0 Å². The second-order valence-corrected chi connectivity index (χ2v) is 50.1. The van der Waals surface area contributed by atoms with Gasteiger partial charge >= 0.3 is 23.1 Å². The predicted octanol–water partition coefficient (Wildman–Crippen LogP) is 14.7. The van der Waals surface area contributed by atoms with Gasteiger partial charge in [0.15, 0.2) is 0 Å². The van der Waals surface area contributed by atoms with Gasteiger partial charge in [-0.25, -0.2) is 0 Å². The van der Waals surface area contributed by atoms with Crippen molar-refractivity contribution < 1.29 is 17.0 Å². The molecule has 0 bridgehead atoms. The molecule has 22 rings (SSSR count). The average molecular weight is 1670 g/mol. The van der Waals surface area contributed by atoms with Gasteiger partial charge in [-0.2, -0.15) is 36.4 Å². The summed E-state index contributed by atoms with van der Waals surface area (Å²) in [6.07, 6.45) is 0. The fourth-order valence-electron chi connectivity index (χ4n) is 21.0. The van der Waals surface area contributed by atoms with Gasteiger partial charge in [0.2, 0.25) is 26.9 Å². The summed E-state index contributed by atoms with van der Waals surface area (Å²) in [7, 11) is -4.12. The van der Waals surface area contributed by atoms with Crippen LogP contribution < -0.4 is 98.1 Å². The second kappa shape index (κ2) is 35.0. The van der Waals surface area contributed by atoms with Crippen molar-refractivity contribution in [2.45, 2.75) is 99.5 Å². The quantitative estimate of drug-likeness (QED) is 0.110. The van der Waals surface area contributed by atoms with Crippen molar-refractivity contribution in [2.75, 3.05) is 0 Å². The summed E-state index contributed by atoms with van der Waals surface area (Å²) in [6.45, 7) is 22.3. The molecule has 2 aliphatic heterocycles. The Hall–Kier alpha value is -10.3. The molecule has 0 atom stereocenters. The molecule has 0 N–H and O–H groups in total. The molecular formula is C111H107B4BrMgSi3. The third-order valence-corrected chi connectivity index (χ3v) is 31.7. The Bertz CT molecular complexity index is 5970. The molecule has 2 heterocycles. The van der Waals surface area contributed by atoms with E-state index in [0.29, 0.717) is 0 Å². The number of halogens is 1. The van der Waals surface area contributed by atoms with Crippen LogP contribution in [-0.4, -0.2) is 74.1 Å². The number of fused-ring (bicyclic) bond motifs is 26. The van der Waals surface area contributed by atoms with Gasteiger partial charge in [0.25, 0.3) is 0 Å². The maximum atomic E-state index is 2.89. The monoisotopic (exact) mass is 1670 g/mol. The molecule has 0 fully saturated rings. The molecule has 120 heavy (non-hydrogen) atoms. The Morgan fingerprint density at radius 1 is 0.217 bits per heavy atom. The van der Waals surface area contributed by atoms with Gasteiger partial charge in [-0.15, -0.1) is 0 Å². The Kier molecular flexibility index (Phi) is 25.5. The molecule has 4 aliphatic carbocycles. The van der Waals surface area contributed by atoms with E-state index in [1.807, 2.05) is 30.3 Å². The van der Waals surface area contributed by atoms with Gasteiger partial charge < -0.3 is 17.0 Å². The molecule has 16 aromatic carbocycles. The van der Waals surface area contributed by atoms with Crippen LogP contribution in [0, 0.1) is 6.07 Å². The van der Waals surface area contributed by atoms with E-state index >= 15 is 0 Å². The number of benzene rings is 16. The molecule has 0 nitrogen and oxygen atoms in total. The minimum absolute atomic E-state index is 0. The van der Waals surface area contributed by atoms with Crippen LogP contribution in [0.1, 0.15) is 74.2 Å². The van der Waals surface area contributed by atoms with Gasteiger partial charge in [0, 0.05) is 0 Å². The smallest absolute Gasteiger partial charge is 1.00 e. The molecule has 0 unspecified atom stereocenters. The maximum Gasteiger partial charge on any atom is 2.00 e. The fourth-order valence-corrected chi connectivity index (χ4v) is 25.4. The number of hydrogen-bond acceptors (Lipinski definition) is 0. The minimum Gasteiger partial charge on any atom is -1.00 e. The summed E-state index contributed by atoms with van der Waals surface area (Å²) < 4.78 is 0. The molecule has 16 aromatic rings. The van der Waals surface area contributed by atoms with Crippen molar-refractivity contribution >= 4 is 155 Å². The largest absolute Gasteiger partial charge is 2.00 e. The SMILES string of the molecule is C.C.C.C.C[Si](C)(C)c1cccc2c1-c1ccccc1C21c2ccccc2-c2c1cccc2[Si](C)(C)C.C[Si](C)(C)c1ccccc1.[Br-].[Mg+2].[c-]1ccccc1.c1ccc(B2c3ccccc3B(c3ccccc3)c3c2ccc2c3-c3ccccc3C23c2ccccc2-c2c3ccc3c2B(c2ccccc2)c2ccccc2B3c2ccccc2)cc1. The van der Waals surface area contributed by atoms with Crippen molar-refractivity contribution in [3.63, 3.8) is 0 Å². The van der Waals surface area contributed by atoms with Crippen LogP contribution in [0.5, 0.6) is 0 Å². The van der Waals surface area contributed by atoms with Gasteiger partial charge in [0.1, 0.15) is 0 Å². The molecule has 6 aliphatic rings. The number of hydrogen-bond donors (Lipinski definition) is 0. The Morgan fingerprint density at radius 2 is 0.467 bits per heavy atom. The van der Waals surface area contributed by atoms with Crippen molar-refractivity contribution in [1.82, 2.24) is 0 Å². The Morgan fingerprint density at radius 3 is 0.750 bits per heavy atom. The summed E-state index contributed by atoms with van der Waals surface area (Å²) in [4.78, 5) is 0. The maximum absolute atomic E-state index is 2.89. The van der Waals surface area contributed by atoms with E-state index < -0.39 is 29.6 Å². The van der Waals surface area contributed by atoms with E-state index in [0.717, 1.165) is 0 Å². The molecule has 0 aromatic heterocycles. The fraction of sp³-hybridized carbons (Fsp3) is 0.135. The number of rotatable bonds is 7. The first-order valence-corrected chi connectivity index (χ1v) is 51.5. The van der Waals surface area contributed by atoms with E-state index in [1.165, 1.54) is 160 Å². The zero-order valence-electron chi connectivity index (χ0n) is 67.8. The van der Waals surface area contributed by atoms with E-state index in [-0.39, 0.29) is 102 Å². The van der Waals surface area contributed by atoms with Crippen molar-refractivity contribution in [2.24, 2.45) is 0 Å². The Labute approximate surface area is 748 Å². The second-order valence-electron chi connectivity index (χ2n) is 34.9. The molecule has 0 radical (unpaired) electrons. The van der Waals surface area contributed by atoms with Crippen molar-refractivity contribution in [3.05, 3.63) is 439 Å². The molecular weight excluding hydrogens is 1560 g/mol. The third-order valence-electron chi connectivity index (χ3n) is 25.5. The summed E-state index contributed by atoms with van der Waals surface area (Å²) in [5.41, 5.74) is 38.7. The van der Waals surface area contributed by atoms with Gasteiger partial charge in [-0.1, -0.05) is 528 Å². The molecule has 2 spiro atoms. The molecule has 584 valence electrons. The van der Waals surface area contributed by atoms with Crippen molar-refractivity contribution in [1.29, 1.82) is 0 Å². The topological polar surface area (TPSA) is 0 Å². The summed E-state index contributed by atoms with van der Waals surface area (Å²) >= 11 is 0. The summed E-state index contributed by atoms with van der Waals surface area (Å²) in [6, 6.07) is 149. The average Bonchev–Trinajstić information content (AvgIpc) is 1.49. The van der Waals surface area contributed by atoms with E-state index in [9.17, 15) is 0 Å². The first-order valence-electron chi connectivity index (χ1n) is 41.0. The third kappa shape index (κ3) is 14.2. The van der Waals surface area contributed by atoms with Crippen LogP contribution in [0.15, 0.2) is 388 Å². The first kappa shape index (κ1) is 87.5. The van der Waals surface area contributed by atoms with Crippen molar-refractivity contribution in [3.8, 4) is 44.5 Å². The van der Waals surface area contributed by atoms with Crippen LogP contribution in [-0.2, 0) is 10.8 Å². The van der Waals surface area contributed by atoms with Crippen LogP contribution in [0.2, 0.25) is 58.9 Å². The molecule has 0 saturated heterocycles. The zero-order chi connectivity index (χ0) is 77.7. The zero-order valence-corrected chi connectivity index (χ0v) is 73.8. The minimum atomic E-state index is -1.54. The standard InChI is InChI=1S/C61H40B4.C31H32Si2.C9H14Si.C6H5.4CH4.BrH.Mg/c1-5-21-41(22-6-1)62-51-33-17-19-35-53(51)64(43-25-9-3-10-26-43)59-55(62)39-37-49-57(59)45-29-13-15-31-47(45)61(49)48-32-16-14-30-46(48)58-50(61)38-40-56-60(58)65(44-27-11-4-12-28-44)54-36-20-18-34-52(54)63(56)42-23-7-2-8-24-42;1-32(2,3)27-19-11-17-25-29(27)21-13-7-9-15-23(21)31(25)24-16-10-8-14-22(24)30-26(31)18-12-20-28(30)33(4,5)6;1-10(2,3)9-7-5-4-6-8-9;1-2-4-6-5-3-1;;;;;;/h1-40H;7-20H,1-6H3;4-8H,1-3H3;1-5H;4*1H4;1H;/q;;;-1;;;;;;+2/p-1. The molecule has 0 amide bonds. The van der Waals surface area contributed by atoms with Gasteiger partial charge in [0.05, 0.1) is 35.1 Å². The molecule has 0 saturated carbocycles. The van der Waals surface area contributed by atoms with Gasteiger partial charge in [-0.05, 0) is 89.0 Å². The van der Waals surface area contributed by atoms with E-state index in [2.05, 4.69) is 423 Å². The molecule has 9 heteroatoms. The summed E-state index contributed by atoms with van der Waals surface area (Å²) in [5, 5.41) is 4.70. The van der Waals surface area contributed by atoms with Crippen LogP contribution in [0.3, 0.4) is 0 Å². The first-order chi connectivity index (χ1) is 55.6. The summed E-state index contributed by atoms with van der Waals surface area (Å²) in [5.74, 6) is 0. The normalized spacial score (nSPS) is 13.2. The van der Waals surface area contributed by atoms with Crippen LogP contribution >= 0.6 is 0 Å². The Balaban J connectivity index is 0.000000188.